The predicted molar refractivity (Wildman–Crippen MR) is 77.5 cm³/mol. The van der Waals surface area contributed by atoms with Crippen molar-refractivity contribution in [1.82, 2.24) is 0 Å². The minimum Gasteiger partial charge on any atom is -0.595 e. The van der Waals surface area contributed by atoms with Crippen LogP contribution in [0.1, 0.15) is 40.5 Å². The molecule has 1 heterocycles. The molecule has 0 radical (unpaired) electrons. The van der Waals surface area contributed by atoms with Gasteiger partial charge in [0.1, 0.15) is 0 Å². The van der Waals surface area contributed by atoms with Crippen molar-refractivity contribution in [3.05, 3.63) is 29.6 Å². The zero-order valence-electron chi connectivity index (χ0n) is 12.8. The number of hydrogen-bond acceptors (Lipinski definition) is 2. The van der Waals surface area contributed by atoms with Crippen molar-refractivity contribution in [2.24, 2.45) is 23.7 Å². The van der Waals surface area contributed by atoms with Crippen LogP contribution in [0.25, 0.3) is 5.32 Å². The molecule has 3 nitrogen and oxygen atoms in total. The molecule has 3 aliphatic rings. The molecular weight excluding hydrogens is 422 g/mol. The van der Waals surface area contributed by atoms with E-state index < -0.39 is 0 Å². The van der Waals surface area contributed by atoms with Gasteiger partial charge in [-0.2, -0.15) is 0 Å². The summed E-state index contributed by atoms with van der Waals surface area (Å²) in [7, 11) is 0. The van der Waals surface area contributed by atoms with E-state index in [9.17, 15) is 9.59 Å². The maximum atomic E-state index is 11.2. The Bertz CT molecular complexity index is 375. The van der Waals surface area contributed by atoms with Crippen molar-refractivity contribution in [1.29, 1.82) is 0 Å². The Kier molecular flexibility index (Phi) is 8.27. The van der Waals surface area contributed by atoms with Gasteiger partial charge in [-0.05, 0) is 31.6 Å². The predicted octanol–water partition coefficient (Wildman–Crippen LogP) is 3.86. The molecule has 4 heteroatoms. The third-order valence-electron chi connectivity index (χ3n) is 3.85. The second-order valence-corrected chi connectivity index (χ2v) is 5.10. The number of allylic oxidation sites excluding steroid dienone is 3. The molecule has 2 bridgehead atoms. The second kappa shape index (κ2) is 8.56. The quantitative estimate of drug-likeness (QED) is 0.454. The maximum Gasteiger partial charge on any atom is 0.0609 e. The van der Waals surface area contributed by atoms with E-state index in [1.165, 1.54) is 5.57 Å². The minimum absolute atomic E-state index is 0. The smallest absolute Gasteiger partial charge is 0.0609 e. The van der Waals surface area contributed by atoms with Gasteiger partial charge in [-0.25, -0.2) is 0 Å². The van der Waals surface area contributed by atoms with Crippen LogP contribution in [0.4, 0.5) is 0 Å². The van der Waals surface area contributed by atoms with Crippen molar-refractivity contribution < 1.29 is 30.7 Å². The molecule has 1 saturated carbocycles. The van der Waals surface area contributed by atoms with Crippen LogP contribution in [0.15, 0.2) is 24.3 Å². The fourth-order valence-electron chi connectivity index (χ4n) is 2.75. The summed E-state index contributed by atoms with van der Waals surface area (Å²) in [4.78, 5) is 22.5. The van der Waals surface area contributed by atoms with Crippen LogP contribution >= 0.6 is 0 Å². The maximum absolute atomic E-state index is 11.2. The summed E-state index contributed by atoms with van der Waals surface area (Å²) in [6, 6.07) is 0. The van der Waals surface area contributed by atoms with Gasteiger partial charge in [0.05, 0.1) is 11.8 Å². The Labute approximate surface area is 136 Å². The van der Waals surface area contributed by atoms with Crippen LogP contribution in [-0.2, 0) is 30.7 Å². The summed E-state index contributed by atoms with van der Waals surface area (Å²) < 4.78 is 0. The van der Waals surface area contributed by atoms with Crippen LogP contribution in [0.3, 0.4) is 0 Å². The molecule has 0 aromatic heterocycles. The van der Waals surface area contributed by atoms with Crippen LogP contribution in [0, 0.1) is 23.7 Å². The third-order valence-corrected chi connectivity index (χ3v) is 3.85. The molecule has 112 valence electrons. The van der Waals surface area contributed by atoms with Gasteiger partial charge in [0, 0.05) is 32.9 Å². The van der Waals surface area contributed by atoms with Crippen molar-refractivity contribution >= 4 is 11.8 Å². The van der Waals surface area contributed by atoms with E-state index in [-0.39, 0.29) is 44.7 Å². The first-order valence-corrected chi connectivity index (χ1v) is 7.16. The molecule has 0 N–H and O–H groups in total. The second-order valence-electron chi connectivity index (χ2n) is 5.10. The number of amides is 2. The largest absolute Gasteiger partial charge is 0.595 e. The molecule has 0 aromatic rings. The minimum atomic E-state index is -0.179. The summed E-state index contributed by atoms with van der Waals surface area (Å²) in [5.74, 6) is 0.0779. The fraction of sp³-hybridized carbons (Fsp3) is 0.625. The summed E-state index contributed by atoms with van der Waals surface area (Å²) in [6.07, 6.45) is 6.23. The van der Waals surface area contributed by atoms with E-state index in [0.717, 1.165) is 12.8 Å². The molecule has 2 fully saturated rings. The number of hydrogen-bond donors (Lipinski definition) is 0. The van der Waals surface area contributed by atoms with E-state index in [4.69, 9.17) is 0 Å². The van der Waals surface area contributed by atoms with Crippen LogP contribution in [-0.4, -0.2) is 11.8 Å². The fourth-order valence-corrected chi connectivity index (χ4v) is 2.75. The van der Waals surface area contributed by atoms with Gasteiger partial charge < -0.3 is 14.9 Å². The van der Waals surface area contributed by atoms with Gasteiger partial charge in [0.15, 0.2) is 0 Å². The molecule has 4 unspecified atom stereocenters. The average molecular weight is 446 g/mol. The van der Waals surface area contributed by atoms with Gasteiger partial charge in [0.25, 0.3) is 0 Å². The summed E-state index contributed by atoms with van der Waals surface area (Å²) in [5, 5.41) is 3.50. The molecule has 3 rings (SSSR count). The molecule has 20 heavy (non-hydrogen) atoms. The monoisotopic (exact) mass is 446 g/mol. The van der Waals surface area contributed by atoms with Gasteiger partial charge in [-0.1, -0.05) is 38.5 Å². The van der Waals surface area contributed by atoms with E-state index >= 15 is 0 Å². The Balaban J connectivity index is 0.000000394. The number of fused-ring (bicyclic) bond motifs is 5. The number of nitrogens with zero attached hydrogens (tertiary/aromatic N) is 1. The number of rotatable bonds is 1. The topological polar surface area (TPSA) is 48.2 Å². The summed E-state index contributed by atoms with van der Waals surface area (Å²) in [5.41, 5.74) is 1.25. The third kappa shape index (κ3) is 3.91. The first-order valence-electron chi connectivity index (χ1n) is 7.16. The molecule has 4 atom stereocenters. The van der Waals surface area contributed by atoms with Crippen molar-refractivity contribution in [2.75, 3.05) is 0 Å². The van der Waals surface area contributed by atoms with Crippen molar-refractivity contribution in [3.63, 3.8) is 0 Å². The Morgan fingerprint density at radius 1 is 1.20 bits per heavy atom. The van der Waals surface area contributed by atoms with Gasteiger partial charge in [0.2, 0.25) is 0 Å². The first-order chi connectivity index (χ1) is 9.04. The zero-order valence-corrected chi connectivity index (χ0v) is 15.7. The first kappa shape index (κ1) is 19.3. The van der Waals surface area contributed by atoms with E-state index in [0.29, 0.717) is 11.8 Å². The van der Waals surface area contributed by atoms with Crippen LogP contribution < -0.4 is 0 Å². The molecule has 1 aliphatic heterocycles. The summed E-state index contributed by atoms with van der Waals surface area (Å²) >= 11 is 0. The molecular formula is C16H24NO2W-. The SMILES string of the molecule is C=C(C)CC.CC.O=C1[N-]C(=O)C2C3C=CC(C3)C12.[W]. The molecule has 1 saturated heterocycles. The zero-order chi connectivity index (χ0) is 14.6. The van der Waals surface area contributed by atoms with Crippen LogP contribution in [0.2, 0.25) is 0 Å². The normalized spacial score (nSPS) is 31.2. The Morgan fingerprint density at radius 3 is 1.85 bits per heavy atom. The van der Waals surface area contributed by atoms with E-state index in [2.05, 4.69) is 31.0 Å². The standard InChI is InChI=1S/C9H9NO2.C5H10.C2H6.W/c11-8-6-4-1-2-5(3-4)7(6)9(12)10-8;1-4-5(2)3;1-2;/h1-2,4-7H,3H2,(H,10,11,12);2,4H2,1,3H3;1-2H3;/p-1. The molecule has 2 amide bonds. The molecule has 2 aliphatic carbocycles. The van der Waals surface area contributed by atoms with Crippen molar-refractivity contribution in [2.45, 2.75) is 40.5 Å². The van der Waals surface area contributed by atoms with Gasteiger partial charge in [-0.3, -0.25) is 0 Å². The number of imide groups is 1. The van der Waals surface area contributed by atoms with E-state index in [1.54, 1.807) is 0 Å². The molecule has 0 aromatic carbocycles. The molecule has 0 spiro atoms. The Hall–Kier alpha value is -0.692. The number of carbonyl (C=O) groups is 2. The summed E-state index contributed by atoms with van der Waals surface area (Å²) in [6.45, 7) is 11.8. The Morgan fingerprint density at radius 2 is 1.55 bits per heavy atom. The van der Waals surface area contributed by atoms with Crippen molar-refractivity contribution in [3.8, 4) is 0 Å². The average Bonchev–Trinajstić information content (AvgIpc) is 3.07. The number of carbonyl (C=O) groups excluding carboxylic acids is 2. The van der Waals surface area contributed by atoms with Gasteiger partial charge in [-0.15, -0.1) is 6.58 Å². The van der Waals surface area contributed by atoms with Gasteiger partial charge >= 0.3 is 0 Å². The van der Waals surface area contributed by atoms with Crippen LogP contribution in [0.5, 0.6) is 0 Å². The van der Waals surface area contributed by atoms with E-state index in [1.807, 2.05) is 20.8 Å².